The van der Waals surface area contributed by atoms with Crippen LogP contribution < -0.4 is 10.6 Å². The molecule has 2 N–H and O–H groups in total. The summed E-state index contributed by atoms with van der Waals surface area (Å²) in [6.45, 7) is 1.69. The largest absolute Gasteiger partial charge is 0.459 e. The molecular formula is C14H12Cl3FN2O2. The van der Waals surface area contributed by atoms with Crippen LogP contribution in [0.4, 0.5) is 10.1 Å². The fourth-order valence-corrected chi connectivity index (χ4v) is 2.08. The van der Waals surface area contributed by atoms with Gasteiger partial charge < -0.3 is 15.1 Å². The third-order valence-electron chi connectivity index (χ3n) is 2.84. The molecule has 2 aromatic rings. The molecule has 0 aliphatic rings. The van der Waals surface area contributed by atoms with Crippen LogP contribution in [0, 0.1) is 12.7 Å². The number of amides is 1. The van der Waals surface area contributed by atoms with E-state index in [0.29, 0.717) is 11.3 Å². The van der Waals surface area contributed by atoms with Gasteiger partial charge in [0.25, 0.3) is 5.91 Å². The van der Waals surface area contributed by atoms with Crippen LogP contribution in [-0.4, -0.2) is 15.9 Å². The SMILES string of the molecule is Cc1cc(F)ccc1NC(NC(=O)c1ccco1)C(Cl)(Cl)Cl. The molecule has 0 radical (unpaired) electrons. The van der Waals surface area contributed by atoms with Crippen LogP contribution in [0.5, 0.6) is 0 Å². The zero-order chi connectivity index (χ0) is 16.3. The summed E-state index contributed by atoms with van der Waals surface area (Å²) < 4.78 is 16.3. The minimum Gasteiger partial charge on any atom is -0.459 e. The van der Waals surface area contributed by atoms with Crippen molar-refractivity contribution in [3.8, 4) is 0 Å². The topological polar surface area (TPSA) is 54.3 Å². The Labute approximate surface area is 141 Å². The maximum absolute atomic E-state index is 13.1. The second-order valence-corrected chi connectivity index (χ2v) is 6.90. The number of furan rings is 1. The third-order valence-corrected chi connectivity index (χ3v) is 3.49. The van der Waals surface area contributed by atoms with Crippen LogP contribution in [-0.2, 0) is 0 Å². The van der Waals surface area contributed by atoms with E-state index in [1.54, 1.807) is 13.0 Å². The van der Waals surface area contributed by atoms with E-state index in [2.05, 4.69) is 10.6 Å². The normalized spacial score (nSPS) is 12.8. The second kappa shape index (κ2) is 6.77. The molecule has 1 atom stereocenters. The van der Waals surface area contributed by atoms with Crippen LogP contribution in [0.25, 0.3) is 0 Å². The zero-order valence-electron chi connectivity index (χ0n) is 11.4. The lowest BCUT2D eigenvalue weighted by Gasteiger charge is -2.27. The number of anilines is 1. The Morgan fingerprint density at radius 1 is 1.32 bits per heavy atom. The Balaban J connectivity index is 2.18. The lowest BCUT2D eigenvalue weighted by atomic mass is 10.2. The molecule has 1 aromatic carbocycles. The van der Waals surface area contributed by atoms with Gasteiger partial charge >= 0.3 is 0 Å². The summed E-state index contributed by atoms with van der Waals surface area (Å²) >= 11 is 17.7. The fourth-order valence-electron chi connectivity index (χ4n) is 1.75. The first kappa shape index (κ1) is 16.9. The smallest absolute Gasteiger partial charge is 0.288 e. The van der Waals surface area contributed by atoms with E-state index < -0.39 is 15.9 Å². The van der Waals surface area contributed by atoms with E-state index in [4.69, 9.17) is 39.2 Å². The molecule has 1 heterocycles. The molecule has 1 unspecified atom stereocenters. The molecule has 118 valence electrons. The van der Waals surface area contributed by atoms with Gasteiger partial charge in [-0.1, -0.05) is 34.8 Å². The van der Waals surface area contributed by atoms with Gasteiger partial charge in [0.05, 0.1) is 6.26 Å². The highest BCUT2D eigenvalue weighted by Gasteiger charge is 2.35. The van der Waals surface area contributed by atoms with Crippen molar-refractivity contribution in [2.24, 2.45) is 0 Å². The quantitative estimate of drug-likeness (QED) is 0.628. The van der Waals surface area contributed by atoms with Gasteiger partial charge in [-0.3, -0.25) is 4.79 Å². The van der Waals surface area contributed by atoms with Gasteiger partial charge in [0.15, 0.2) is 5.76 Å². The molecule has 8 heteroatoms. The molecule has 1 amide bonds. The summed E-state index contributed by atoms with van der Waals surface area (Å²) in [7, 11) is 0. The molecule has 2 rings (SSSR count). The number of carbonyl (C=O) groups is 1. The summed E-state index contributed by atoms with van der Waals surface area (Å²) in [6, 6.07) is 7.13. The summed E-state index contributed by atoms with van der Waals surface area (Å²) in [6.07, 6.45) is 0.316. The van der Waals surface area contributed by atoms with Crippen LogP contribution in [0.2, 0.25) is 0 Å². The molecule has 0 fully saturated rings. The van der Waals surface area contributed by atoms with Gasteiger partial charge in [-0.2, -0.15) is 0 Å². The lowest BCUT2D eigenvalue weighted by Crippen LogP contribution is -2.49. The molecular weight excluding hydrogens is 354 g/mol. The number of rotatable bonds is 4. The van der Waals surface area contributed by atoms with Crippen molar-refractivity contribution in [3.05, 3.63) is 53.7 Å². The molecule has 4 nitrogen and oxygen atoms in total. The number of hydrogen-bond acceptors (Lipinski definition) is 3. The summed E-state index contributed by atoms with van der Waals surface area (Å²) in [5.74, 6) is -0.849. The van der Waals surface area contributed by atoms with Gasteiger partial charge in [0.2, 0.25) is 3.79 Å². The molecule has 0 bridgehead atoms. The number of nitrogens with one attached hydrogen (secondary N) is 2. The van der Waals surface area contributed by atoms with Crippen molar-refractivity contribution < 1.29 is 13.6 Å². The summed E-state index contributed by atoms with van der Waals surface area (Å²) in [4.78, 5) is 12.0. The van der Waals surface area contributed by atoms with Crippen LogP contribution >= 0.6 is 34.8 Å². The standard InChI is InChI=1S/C14H12Cl3FN2O2/c1-8-7-9(18)4-5-10(8)19-13(14(15,16)17)20-12(21)11-3-2-6-22-11/h2-7,13,19H,1H3,(H,20,21). The highest BCUT2D eigenvalue weighted by atomic mass is 35.6. The lowest BCUT2D eigenvalue weighted by molar-refractivity contribution is 0.0914. The molecule has 0 saturated carbocycles. The first-order chi connectivity index (χ1) is 10.3. The Bertz CT molecular complexity index is 657. The molecule has 0 spiro atoms. The molecule has 0 saturated heterocycles. The molecule has 0 aliphatic heterocycles. The van der Waals surface area contributed by atoms with E-state index in [-0.39, 0.29) is 11.6 Å². The Hall–Kier alpha value is -1.43. The second-order valence-electron chi connectivity index (χ2n) is 4.53. The van der Waals surface area contributed by atoms with E-state index in [1.807, 2.05) is 0 Å². The minimum absolute atomic E-state index is 0.0804. The predicted octanol–water partition coefficient (Wildman–Crippen LogP) is 4.27. The van der Waals surface area contributed by atoms with Gasteiger partial charge in [0, 0.05) is 5.69 Å². The van der Waals surface area contributed by atoms with E-state index in [0.717, 1.165) is 0 Å². The number of carbonyl (C=O) groups excluding carboxylic acids is 1. The van der Waals surface area contributed by atoms with Crippen molar-refractivity contribution in [3.63, 3.8) is 0 Å². The van der Waals surface area contributed by atoms with Crippen molar-refractivity contribution in [2.45, 2.75) is 16.9 Å². The first-order valence-corrected chi connectivity index (χ1v) is 7.34. The summed E-state index contributed by atoms with van der Waals surface area (Å²) in [5.41, 5.74) is 1.13. The highest BCUT2D eigenvalue weighted by Crippen LogP contribution is 2.32. The Morgan fingerprint density at radius 3 is 2.59 bits per heavy atom. The molecule has 22 heavy (non-hydrogen) atoms. The van der Waals surface area contributed by atoms with Gasteiger partial charge in [-0.15, -0.1) is 0 Å². The first-order valence-electron chi connectivity index (χ1n) is 6.21. The number of alkyl halides is 3. The maximum Gasteiger partial charge on any atom is 0.288 e. The average Bonchev–Trinajstić information content (AvgIpc) is 2.93. The van der Waals surface area contributed by atoms with E-state index in [1.165, 1.54) is 30.5 Å². The monoisotopic (exact) mass is 364 g/mol. The third kappa shape index (κ3) is 4.29. The molecule has 0 aliphatic carbocycles. The number of benzene rings is 1. The number of halogens is 4. The van der Waals surface area contributed by atoms with Crippen molar-refractivity contribution in [1.82, 2.24) is 5.32 Å². The van der Waals surface area contributed by atoms with Gasteiger partial charge in [-0.25, -0.2) is 4.39 Å². The fraction of sp³-hybridized carbons (Fsp3) is 0.214. The van der Waals surface area contributed by atoms with E-state index in [9.17, 15) is 9.18 Å². The average molecular weight is 366 g/mol. The van der Waals surface area contributed by atoms with Gasteiger partial charge in [0.1, 0.15) is 12.0 Å². The van der Waals surface area contributed by atoms with Crippen molar-refractivity contribution in [2.75, 3.05) is 5.32 Å². The summed E-state index contributed by atoms with van der Waals surface area (Å²) in [5, 5.41) is 5.39. The minimum atomic E-state index is -1.83. The van der Waals surface area contributed by atoms with Crippen molar-refractivity contribution in [1.29, 1.82) is 0 Å². The Kier molecular flexibility index (Phi) is 5.21. The van der Waals surface area contributed by atoms with Gasteiger partial charge in [-0.05, 0) is 42.8 Å². The number of aryl methyl sites for hydroxylation is 1. The zero-order valence-corrected chi connectivity index (χ0v) is 13.6. The van der Waals surface area contributed by atoms with Crippen LogP contribution in [0.1, 0.15) is 16.1 Å². The van der Waals surface area contributed by atoms with Crippen molar-refractivity contribution >= 4 is 46.4 Å². The number of hydrogen-bond donors (Lipinski definition) is 2. The predicted molar refractivity (Wildman–Crippen MR) is 85.0 cm³/mol. The van der Waals surface area contributed by atoms with E-state index >= 15 is 0 Å². The van der Waals surface area contributed by atoms with Crippen LogP contribution in [0.15, 0.2) is 41.0 Å². The molecule has 1 aromatic heterocycles. The van der Waals surface area contributed by atoms with Crippen LogP contribution in [0.3, 0.4) is 0 Å². The highest BCUT2D eigenvalue weighted by molar-refractivity contribution is 6.68. The Morgan fingerprint density at radius 2 is 2.05 bits per heavy atom. The maximum atomic E-state index is 13.1.